The third-order valence-corrected chi connectivity index (χ3v) is 6.15. The highest BCUT2D eigenvalue weighted by Gasteiger charge is 2.35. The van der Waals surface area contributed by atoms with Crippen LogP contribution in [0.3, 0.4) is 0 Å². The molecule has 1 aromatic rings. The number of nitrogens with zero attached hydrogens (tertiary/aromatic N) is 3. The van der Waals surface area contributed by atoms with Gasteiger partial charge in [0.15, 0.2) is 0 Å². The minimum atomic E-state index is -3.40. The lowest BCUT2D eigenvalue weighted by Crippen LogP contribution is -2.39. The first-order chi connectivity index (χ1) is 9.09. The van der Waals surface area contributed by atoms with Crippen LogP contribution in [0.4, 0.5) is 0 Å². The Bertz CT molecular complexity index is 554. The summed E-state index contributed by atoms with van der Waals surface area (Å²) in [6.45, 7) is 5.11. The normalized spacial score (nSPS) is 26.3. The van der Waals surface area contributed by atoms with E-state index in [1.807, 2.05) is 0 Å². The Morgan fingerprint density at radius 3 is 2.84 bits per heavy atom. The summed E-state index contributed by atoms with van der Waals surface area (Å²) >= 11 is 0. The molecule has 0 bridgehead atoms. The summed E-state index contributed by atoms with van der Waals surface area (Å²) in [6.07, 6.45) is 4.62. The number of aromatic nitrogens is 2. The Balaban J connectivity index is 1.87. The summed E-state index contributed by atoms with van der Waals surface area (Å²) in [5, 5.41) is 6.54. The Morgan fingerprint density at radius 2 is 2.11 bits per heavy atom. The lowest BCUT2D eigenvalue weighted by Gasteiger charge is -2.25. The van der Waals surface area contributed by atoms with Crippen LogP contribution in [0.15, 0.2) is 11.1 Å². The van der Waals surface area contributed by atoms with Crippen molar-refractivity contribution in [1.82, 2.24) is 19.4 Å². The predicted molar refractivity (Wildman–Crippen MR) is 71.3 cm³/mol. The quantitative estimate of drug-likeness (QED) is 0.862. The van der Waals surface area contributed by atoms with Gasteiger partial charge in [0, 0.05) is 19.1 Å². The standard InChI is InChI=1S/C12H20N4O2S/c1-10-12(8-13-14-10)19(17,18)16-7-3-6-15-5-2-4-11(15)9-16/h8,11H,2-7,9H2,1H3,(H,13,14). The molecule has 3 rings (SSSR count). The Hall–Kier alpha value is -0.920. The molecule has 0 amide bonds. The first-order valence-corrected chi connectivity index (χ1v) is 8.27. The molecule has 7 heteroatoms. The third kappa shape index (κ3) is 2.30. The molecule has 0 spiro atoms. The molecule has 2 aliphatic heterocycles. The summed E-state index contributed by atoms with van der Waals surface area (Å²) in [5.74, 6) is 0. The van der Waals surface area contributed by atoms with Crippen molar-refractivity contribution in [3.8, 4) is 0 Å². The van der Waals surface area contributed by atoms with Crippen molar-refractivity contribution in [3.63, 3.8) is 0 Å². The van der Waals surface area contributed by atoms with Crippen molar-refractivity contribution in [1.29, 1.82) is 0 Å². The molecule has 2 aliphatic rings. The maximum Gasteiger partial charge on any atom is 0.246 e. The van der Waals surface area contributed by atoms with E-state index in [9.17, 15) is 8.42 Å². The van der Waals surface area contributed by atoms with Gasteiger partial charge >= 0.3 is 0 Å². The Labute approximate surface area is 113 Å². The van der Waals surface area contributed by atoms with E-state index in [1.54, 1.807) is 11.2 Å². The molecule has 0 saturated carbocycles. The largest absolute Gasteiger partial charge is 0.299 e. The van der Waals surface area contributed by atoms with Gasteiger partial charge in [0.2, 0.25) is 10.0 Å². The van der Waals surface area contributed by atoms with Gasteiger partial charge in [-0.2, -0.15) is 9.40 Å². The predicted octanol–water partition coefficient (Wildman–Crippen LogP) is 0.577. The molecule has 1 unspecified atom stereocenters. The minimum Gasteiger partial charge on any atom is -0.299 e. The highest BCUT2D eigenvalue weighted by Crippen LogP contribution is 2.25. The highest BCUT2D eigenvalue weighted by atomic mass is 32.2. The van der Waals surface area contributed by atoms with E-state index in [4.69, 9.17) is 0 Å². The van der Waals surface area contributed by atoms with Gasteiger partial charge in [-0.25, -0.2) is 8.42 Å². The van der Waals surface area contributed by atoms with Gasteiger partial charge in [-0.15, -0.1) is 0 Å². The van der Waals surface area contributed by atoms with Gasteiger partial charge in [-0.05, 0) is 39.3 Å². The fourth-order valence-corrected chi connectivity index (χ4v) is 4.76. The summed E-state index contributed by atoms with van der Waals surface area (Å²) in [5.41, 5.74) is 0.618. The van der Waals surface area contributed by atoms with Gasteiger partial charge in [-0.1, -0.05) is 0 Å². The van der Waals surface area contributed by atoms with E-state index in [0.717, 1.165) is 25.9 Å². The molecule has 1 aromatic heterocycles. The van der Waals surface area contributed by atoms with E-state index >= 15 is 0 Å². The van der Waals surface area contributed by atoms with Crippen molar-refractivity contribution in [3.05, 3.63) is 11.9 Å². The zero-order valence-corrected chi connectivity index (χ0v) is 12.0. The molecule has 2 fully saturated rings. The molecule has 6 nitrogen and oxygen atoms in total. The van der Waals surface area contributed by atoms with Crippen LogP contribution in [0.5, 0.6) is 0 Å². The lowest BCUT2D eigenvalue weighted by molar-refractivity contribution is 0.257. The number of hydrogen-bond acceptors (Lipinski definition) is 4. The van der Waals surface area contributed by atoms with Crippen LogP contribution < -0.4 is 0 Å². The Morgan fingerprint density at radius 1 is 1.32 bits per heavy atom. The molecule has 1 atom stereocenters. The van der Waals surface area contributed by atoms with Gasteiger partial charge in [0.05, 0.1) is 11.9 Å². The second kappa shape index (κ2) is 4.88. The molecular formula is C12H20N4O2S. The van der Waals surface area contributed by atoms with Crippen molar-refractivity contribution >= 4 is 10.0 Å². The summed E-state index contributed by atoms with van der Waals surface area (Å²) in [6, 6.07) is 0.393. The highest BCUT2D eigenvalue weighted by molar-refractivity contribution is 7.89. The van der Waals surface area contributed by atoms with Crippen LogP contribution in [0, 0.1) is 6.92 Å². The maximum absolute atomic E-state index is 12.7. The lowest BCUT2D eigenvalue weighted by atomic mass is 10.2. The van der Waals surface area contributed by atoms with E-state index in [1.165, 1.54) is 12.6 Å². The number of rotatable bonds is 2. The number of aromatic amines is 1. The number of hydrogen-bond donors (Lipinski definition) is 1. The van der Waals surface area contributed by atoms with Crippen LogP contribution in [0.1, 0.15) is 25.0 Å². The summed E-state index contributed by atoms with van der Waals surface area (Å²) in [7, 11) is -3.40. The molecule has 19 heavy (non-hydrogen) atoms. The average molecular weight is 284 g/mol. The molecule has 0 radical (unpaired) electrons. The first-order valence-electron chi connectivity index (χ1n) is 6.83. The van der Waals surface area contributed by atoms with Crippen molar-refractivity contribution < 1.29 is 8.42 Å². The van der Waals surface area contributed by atoms with E-state index in [-0.39, 0.29) is 0 Å². The van der Waals surface area contributed by atoms with Gasteiger partial charge < -0.3 is 0 Å². The van der Waals surface area contributed by atoms with Gasteiger partial charge in [0.1, 0.15) is 4.90 Å². The van der Waals surface area contributed by atoms with Gasteiger partial charge in [-0.3, -0.25) is 10.00 Å². The van der Waals surface area contributed by atoms with E-state index < -0.39 is 10.0 Å². The summed E-state index contributed by atoms with van der Waals surface area (Å²) < 4.78 is 27.0. The SMILES string of the molecule is Cc1[nH]ncc1S(=O)(=O)N1CCCN2CCCC2C1. The molecule has 3 heterocycles. The molecule has 106 valence electrons. The summed E-state index contributed by atoms with van der Waals surface area (Å²) in [4.78, 5) is 2.75. The second-order valence-electron chi connectivity index (χ2n) is 5.41. The van der Waals surface area contributed by atoms with Crippen LogP contribution in [-0.2, 0) is 10.0 Å². The van der Waals surface area contributed by atoms with Gasteiger partial charge in [0.25, 0.3) is 0 Å². The zero-order chi connectivity index (χ0) is 13.5. The van der Waals surface area contributed by atoms with E-state index in [2.05, 4.69) is 15.1 Å². The van der Waals surface area contributed by atoms with Crippen molar-refractivity contribution in [2.24, 2.45) is 0 Å². The van der Waals surface area contributed by atoms with E-state index in [0.29, 0.717) is 29.7 Å². The number of aryl methyl sites for hydroxylation is 1. The molecule has 1 N–H and O–H groups in total. The van der Waals surface area contributed by atoms with Crippen LogP contribution in [-0.4, -0.2) is 60.0 Å². The minimum absolute atomic E-state index is 0.318. The number of sulfonamides is 1. The smallest absolute Gasteiger partial charge is 0.246 e. The molecular weight excluding hydrogens is 264 g/mol. The van der Waals surface area contributed by atoms with Crippen LogP contribution in [0.25, 0.3) is 0 Å². The fraction of sp³-hybridized carbons (Fsp3) is 0.750. The molecule has 0 aromatic carbocycles. The van der Waals surface area contributed by atoms with Crippen molar-refractivity contribution in [2.75, 3.05) is 26.2 Å². The van der Waals surface area contributed by atoms with Crippen LogP contribution in [0.2, 0.25) is 0 Å². The number of fused-ring (bicyclic) bond motifs is 1. The fourth-order valence-electron chi connectivity index (χ4n) is 3.13. The Kier molecular flexibility index (Phi) is 3.36. The second-order valence-corrected chi connectivity index (χ2v) is 7.31. The first kappa shape index (κ1) is 13.1. The maximum atomic E-state index is 12.7. The molecule has 0 aliphatic carbocycles. The topological polar surface area (TPSA) is 69.3 Å². The zero-order valence-electron chi connectivity index (χ0n) is 11.2. The van der Waals surface area contributed by atoms with Crippen molar-refractivity contribution in [2.45, 2.75) is 37.1 Å². The average Bonchev–Trinajstić information content (AvgIpc) is 2.94. The molecule has 2 saturated heterocycles. The van der Waals surface area contributed by atoms with Crippen LogP contribution >= 0.6 is 0 Å². The monoisotopic (exact) mass is 284 g/mol. The number of H-pyrrole nitrogens is 1. The third-order valence-electron chi connectivity index (χ3n) is 4.17. The number of nitrogens with one attached hydrogen (secondary N) is 1.